The van der Waals surface area contributed by atoms with E-state index in [-0.39, 0.29) is 6.04 Å². The van der Waals surface area contributed by atoms with Crippen molar-refractivity contribution in [3.63, 3.8) is 0 Å². The maximum absolute atomic E-state index is 11.4. The highest BCUT2D eigenvalue weighted by Gasteiger charge is 2.22. The summed E-state index contributed by atoms with van der Waals surface area (Å²) in [6, 6.07) is 4.07. The molecular formula is C15H22N4O2S. The largest absolute Gasteiger partial charge is 0.307 e. The first-order chi connectivity index (χ1) is 10.4. The van der Waals surface area contributed by atoms with Crippen molar-refractivity contribution in [3.8, 4) is 0 Å². The Morgan fingerprint density at radius 3 is 3.00 bits per heavy atom. The van der Waals surface area contributed by atoms with Gasteiger partial charge >= 0.3 is 0 Å². The van der Waals surface area contributed by atoms with Crippen LogP contribution in [0, 0.1) is 6.92 Å². The molecule has 6 nitrogen and oxygen atoms in total. The molecule has 0 spiro atoms. The molecule has 1 aliphatic rings. The lowest BCUT2D eigenvalue weighted by atomic mass is 10.1. The van der Waals surface area contributed by atoms with Gasteiger partial charge in [0.25, 0.3) is 0 Å². The van der Waals surface area contributed by atoms with Gasteiger partial charge in [-0.25, -0.2) is 18.1 Å². The first-order valence-electron chi connectivity index (χ1n) is 7.53. The molecule has 3 rings (SSSR count). The van der Waals surface area contributed by atoms with Gasteiger partial charge in [0.2, 0.25) is 10.0 Å². The molecule has 0 radical (unpaired) electrons. The lowest BCUT2D eigenvalue weighted by Crippen LogP contribution is -2.47. The van der Waals surface area contributed by atoms with Crippen LogP contribution >= 0.6 is 0 Å². The third kappa shape index (κ3) is 3.66. The van der Waals surface area contributed by atoms with Crippen LogP contribution in [-0.2, 0) is 16.6 Å². The van der Waals surface area contributed by atoms with Gasteiger partial charge in [-0.2, -0.15) is 0 Å². The minimum Gasteiger partial charge on any atom is -0.307 e. The predicted molar refractivity (Wildman–Crippen MR) is 86.2 cm³/mol. The number of nitrogens with zero attached hydrogens (tertiary/aromatic N) is 3. The average molecular weight is 322 g/mol. The molecule has 2 aromatic heterocycles. The molecule has 0 amide bonds. The molecule has 0 saturated carbocycles. The van der Waals surface area contributed by atoms with Crippen LogP contribution in [0.5, 0.6) is 0 Å². The van der Waals surface area contributed by atoms with E-state index in [1.54, 1.807) is 0 Å². The quantitative estimate of drug-likeness (QED) is 0.917. The maximum atomic E-state index is 11.4. The summed E-state index contributed by atoms with van der Waals surface area (Å²) in [6.07, 6.45) is 7.17. The number of imidazole rings is 1. The first-order valence-corrected chi connectivity index (χ1v) is 9.43. The normalized spacial score (nSPS) is 20.5. The number of aromatic nitrogens is 2. The van der Waals surface area contributed by atoms with Gasteiger partial charge in [0, 0.05) is 31.5 Å². The molecule has 3 heterocycles. The Bertz CT molecular complexity index is 769. The maximum Gasteiger partial charge on any atom is 0.208 e. The molecule has 1 fully saturated rings. The summed E-state index contributed by atoms with van der Waals surface area (Å²) in [7, 11) is -3.14. The number of fused-ring (bicyclic) bond motifs is 1. The number of rotatable bonds is 4. The molecule has 22 heavy (non-hydrogen) atoms. The van der Waals surface area contributed by atoms with Crippen LogP contribution < -0.4 is 4.72 Å². The Morgan fingerprint density at radius 1 is 1.45 bits per heavy atom. The molecule has 1 N–H and O–H groups in total. The molecule has 120 valence electrons. The number of sulfonamides is 1. The van der Waals surface area contributed by atoms with E-state index in [1.807, 2.05) is 16.7 Å². The van der Waals surface area contributed by atoms with E-state index in [0.717, 1.165) is 49.4 Å². The number of piperidine rings is 1. The van der Waals surface area contributed by atoms with Crippen molar-refractivity contribution in [2.45, 2.75) is 32.4 Å². The minimum absolute atomic E-state index is 0.00233. The number of hydrogen-bond donors (Lipinski definition) is 1. The summed E-state index contributed by atoms with van der Waals surface area (Å²) in [5.41, 5.74) is 3.17. The van der Waals surface area contributed by atoms with Crippen molar-refractivity contribution in [2.75, 3.05) is 19.3 Å². The molecule has 1 saturated heterocycles. The fourth-order valence-corrected chi connectivity index (χ4v) is 3.91. The zero-order valence-electron chi connectivity index (χ0n) is 13.0. The van der Waals surface area contributed by atoms with E-state index < -0.39 is 10.0 Å². The third-order valence-corrected chi connectivity index (χ3v) is 4.76. The van der Waals surface area contributed by atoms with Crippen molar-refractivity contribution in [1.29, 1.82) is 0 Å². The number of likely N-dealkylation sites (tertiary alicyclic amines) is 1. The van der Waals surface area contributed by atoms with Crippen LogP contribution in [-0.4, -0.2) is 48.1 Å². The van der Waals surface area contributed by atoms with Crippen molar-refractivity contribution in [3.05, 3.63) is 35.8 Å². The Hall–Kier alpha value is -1.44. The van der Waals surface area contributed by atoms with E-state index in [4.69, 9.17) is 0 Å². The van der Waals surface area contributed by atoms with E-state index in [2.05, 4.69) is 33.8 Å². The van der Waals surface area contributed by atoms with Crippen LogP contribution in [0.15, 0.2) is 24.5 Å². The highest BCUT2D eigenvalue weighted by atomic mass is 32.2. The number of hydrogen-bond acceptors (Lipinski definition) is 4. The highest BCUT2D eigenvalue weighted by molar-refractivity contribution is 7.88. The standard InChI is InChI=1S/C15H22N4O2S/c1-12-5-3-8-19-11-14(16-15(12)19)10-18-7-4-6-13(9-18)17-22(2,20)21/h3,5,8,11,13,17H,4,6-7,9-10H2,1-2H3. The minimum atomic E-state index is -3.14. The van der Waals surface area contributed by atoms with Crippen molar-refractivity contribution < 1.29 is 8.42 Å². The monoisotopic (exact) mass is 322 g/mol. The summed E-state index contributed by atoms with van der Waals surface area (Å²) in [5, 5.41) is 0. The zero-order chi connectivity index (χ0) is 15.7. The Labute approximate surface area is 131 Å². The lowest BCUT2D eigenvalue weighted by molar-refractivity contribution is 0.193. The number of nitrogens with one attached hydrogen (secondary N) is 1. The number of pyridine rings is 1. The second kappa shape index (κ2) is 5.98. The van der Waals surface area contributed by atoms with E-state index in [9.17, 15) is 8.42 Å². The Morgan fingerprint density at radius 2 is 2.27 bits per heavy atom. The molecule has 0 bridgehead atoms. The van der Waals surface area contributed by atoms with Crippen molar-refractivity contribution in [1.82, 2.24) is 19.0 Å². The van der Waals surface area contributed by atoms with Crippen LogP contribution in [0.4, 0.5) is 0 Å². The topological polar surface area (TPSA) is 66.7 Å². The van der Waals surface area contributed by atoms with Gasteiger partial charge < -0.3 is 4.40 Å². The summed E-state index contributed by atoms with van der Waals surface area (Å²) >= 11 is 0. The molecule has 1 aliphatic heterocycles. The second-order valence-electron chi connectivity index (χ2n) is 6.12. The van der Waals surface area contributed by atoms with Gasteiger partial charge in [-0.05, 0) is 37.9 Å². The van der Waals surface area contributed by atoms with Crippen molar-refractivity contribution >= 4 is 15.7 Å². The molecular weight excluding hydrogens is 300 g/mol. The molecule has 0 aliphatic carbocycles. The summed E-state index contributed by atoms with van der Waals surface area (Å²) in [6.45, 7) is 4.52. The Kier molecular flexibility index (Phi) is 4.20. The van der Waals surface area contributed by atoms with Gasteiger partial charge in [-0.3, -0.25) is 4.90 Å². The smallest absolute Gasteiger partial charge is 0.208 e. The van der Waals surface area contributed by atoms with Crippen LogP contribution in [0.25, 0.3) is 5.65 Å². The molecule has 7 heteroatoms. The van der Waals surface area contributed by atoms with Gasteiger partial charge in [0.15, 0.2) is 0 Å². The zero-order valence-corrected chi connectivity index (χ0v) is 13.8. The molecule has 2 aromatic rings. The number of aryl methyl sites for hydroxylation is 1. The van der Waals surface area contributed by atoms with Crippen LogP contribution in [0.3, 0.4) is 0 Å². The predicted octanol–water partition coefficient (Wildman–Crippen LogP) is 1.16. The summed E-state index contributed by atoms with van der Waals surface area (Å²) in [4.78, 5) is 6.96. The molecule has 0 aromatic carbocycles. The van der Waals surface area contributed by atoms with Crippen molar-refractivity contribution in [2.24, 2.45) is 0 Å². The van der Waals surface area contributed by atoms with E-state index in [1.165, 1.54) is 6.26 Å². The summed E-state index contributed by atoms with van der Waals surface area (Å²) < 4.78 is 27.5. The highest BCUT2D eigenvalue weighted by Crippen LogP contribution is 2.16. The van der Waals surface area contributed by atoms with Crippen LogP contribution in [0.1, 0.15) is 24.1 Å². The van der Waals surface area contributed by atoms with Gasteiger partial charge in [-0.1, -0.05) is 6.07 Å². The van der Waals surface area contributed by atoms with Gasteiger partial charge in [0.05, 0.1) is 11.9 Å². The first kappa shape index (κ1) is 15.5. The summed E-state index contributed by atoms with van der Waals surface area (Å²) in [5.74, 6) is 0. The van der Waals surface area contributed by atoms with Gasteiger partial charge in [0.1, 0.15) is 5.65 Å². The molecule has 1 atom stereocenters. The van der Waals surface area contributed by atoms with Gasteiger partial charge in [-0.15, -0.1) is 0 Å². The average Bonchev–Trinajstić information content (AvgIpc) is 2.81. The van der Waals surface area contributed by atoms with Crippen LogP contribution in [0.2, 0.25) is 0 Å². The fraction of sp³-hybridized carbons (Fsp3) is 0.533. The Balaban J connectivity index is 1.70. The lowest BCUT2D eigenvalue weighted by Gasteiger charge is -2.32. The molecule has 1 unspecified atom stereocenters. The second-order valence-corrected chi connectivity index (χ2v) is 7.90. The SMILES string of the molecule is Cc1cccn2cc(CN3CCCC(NS(C)(=O)=O)C3)nc12. The fourth-order valence-electron chi connectivity index (χ4n) is 3.11. The van der Waals surface area contributed by atoms with E-state index in [0.29, 0.717) is 0 Å². The third-order valence-electron chi connectivity index (χ3n) is 4.00. The van der Waals surface area contributed by atoms with E-state index >= 15 is 0 Å².